The van der Waals surface area contributed by atoms with Crippen LogP contribution in [-0.2, 0) is 13.6 Å². The molecule has 124 valence electrons. The highest BCUT2D eigenvalue weighted by Crippen LogP contribution is 2.25. The summed E-state index contributed by atoms with van der Waals surface area (Å²) in [5.74, 6) is 0.418. The number of aryl methyl sites for hydroxylation is 1. The maximum absolute atomic E-state index is 12.5. The first-order chi connectivity index (χ1) is 11.0. The van der Waals surface area contributed by atoms with Crippen LogP contribution in [-0.4, -0.2) is 50.8 Å². The Morgan fingerprint density at radius 2 is 2.00 bits per heavy atom. The van der Waals surface area contributed by atoms with E-state index >= 15 is 0 Å². The lowest BCUT2D eigenvalue weighted by molar-refractivity contribution is 0.0777. The molecule has 1 amide bonds. The number of carbonyl (C=O) groups excluding carboxylic acids is 1. The highest BCUT2D eigenvalue weighted by molar-refractivity contribution is 5.97. The average molecular weight is 317 g/mol. The van der Waals surface area contributed by atoms with Gasteiger partial charge in [0.05, 0.1) is 12.1 Å². The van der Waals surface area contributed by atoms with Gasteiger partial charge in [0.15, 0.2) is 0 Å². The highest BCUT2D eigenvalue weighted by atomic mass is 16.3. The van der Waals surface area contributed by atoms with Crippen LogP contribution in [0, 0.1) is 0 Å². The number of aromatic hydroxyl groups is 1. The molecule has 0 saturated carbocycles. The van der Waals surface area contributed by atoms with Gasteiger partial charge >= 0.3 is 0 Å². The molecular weight excluding hydrogens is 294 g/mol. The van der Waals surface area contributed by atoms with Gasteiger partial charge < -0.3 is 14.9 Å². The van der Waals surface area contributed by atoms with Gasteiger partial charge in [0, 0.05) is 38.9 Å². The molecule has 0 atom stereocenters. The SMILES string of the molecule is CCN(CC)c1ccc(C(=O)N(C)Cc2ncnn2C)c(O)c1. The van der Waals surface area contributed by atoms with E-state index in [1.807, 2.05) is 19.9 Å². The number of hydrogen-bond donors (Lipinski definition) is 1. The number of carbonyl (C=O) groups is 1. The van der Waals surface area contributed by atoms with Gasteiger partial charge in [-0.2, -0.15) is 5.10 Å². The van der Waals surface area contributed by atoms with Crippen molar-refractivity contribution < 1.29 is 9.90 Å². The van der Waals surface area contributed by atoms with E-state index in [9.17, 15) is 9.90 Å². The molecular formula is C16H23N5O2. The first kappa shape index (κ1) is 16.8. The van der Waals surface area contributed by atoms with Gasteiger partial charge in [-0.25, -0.2) is 4.98 Å². The molecule has 2 aromatic rings. The van der Waals surface area contributed by atoms with Crippen molar-refractivity contribution in [2.24, 2.45) is 7.05 Å². The maximum Gasteiger partial charge on any atom is 0.257 e. The van der Waals surface area contributed by atoms with E-state index in [0.29, 0.717) is 12.4 Å². The molecule has 0 radical (unpaired) electrons. The third kappa shape index (κ3) is 3.61. The van der Waals surface area contributed by atoms with Crippen LogP contribution >= 0.6 is 0 Å². The quantitative estimate of drug-likeness (QED) is 0.876. The molecule has 0 aliphatic carbocycles. The number of anilines is 1. The Morgan fingerprint density at radius 3 is 2.52 bits per heavy atom. The summed E-state index contributed by atoms with van der Waals surface area (Å²) in [6.45, 7) is 6.11. The fraction of sp³-hybridized carbons (Fsp3) is 0.438. The largest absolute Gasteiger partial charge is 0.507 e. The van der Waals surface area contributed by atoms with E-state index in [1.165, 1.54) is 11.2 Å². The molecule has 0 aliphatic rings. The smallest absolute Gasteiger partial charge is 0.257 e. The maximum atomic E-state index is 12.5. The van der Waals surface area contributed by atoms with E-state index in [2.05, 4.69) is 15.0 Å². The molecule has 7 heteroatoms. The lowest BCUT2D eigenvalue weighted by atomic mass is 10.1. The Bertz CT molecular complexity index is 679. The Hall–Kier alpha value is -2.57. The van der Waals surface area contributed by atoms with Crippen molar-refractivity contribution in [3.63, 3.8) is 0 Å². The Kier molecular flexibility index (Phi) is 5.20. The van der Waals surface area contributed by atoms with E-state index in [-0.39, 0.29) is 17.2 Å². The van der Waals surface area contributed by atoms with Crippen LogP contribution in [0.2, 0.25) is 0 Å². The van der Waals surface area contributed by atoms with Crippen LogP contribution in [0.1, 0.15) is 30.0 Å². The summed E-state index contributed by atoms with van der Waals surface area (Å²) in [4.78, 5) is 20.2. The summed E-state index contributed by atoms with van der Waals surface area (Å²) < 4.78 is 1.62. The topological polar surface area (TPSA) is 74.5 Å². The first-order valence-corrected chi connectivity index (χ1v) is 7.64. The molecule has 0 bridgehead atoms. The number of rotatable bonds is 6. The van der Waals surface area contributed by atoms with Crippen molar-refractivity contribution in [2.45, 2.75) is 20.4 Å². The number of phenols is 1. The van der Waals surface area contributed by atoms with Gasteiger partial charge in [0.2, 0.25) is 0 Å². The number of phenolic OH excluding ortho intramolecular Hbond substituents is 1. The lowest BCUT2D eigenvalue weighted by Crippen LogP contribution is -2.28. The van der Waals surface area contributed by atoms with Gasteiger partial charge in [0.25, 0.3) is 5.91 Å². The number of benzene rings is 1. The second-order valence-corrected chi connectivity index (χ2v) is 5.33. The van der Waals surface area contributed by atoms with E-state index in [1.54, 1.807) is 30.9 Å². The molecule has 7 nitrogen and oxygen atoms in total. The monoisotopic (exact) mass is 317 g/mol. The van der Waals surface area contributed by atoms with Crippen LogP contribution in [0.5, 0.6) is 5.75 Å². The van der Waals surface area contributed by atoms with Gasteiger partial charge in [-0.1, -0.05) is 0 Å². The van der Waals surface area contributed by atoms with Gasteiger partial charge in [-0.05, 0) is 26.0 Å². The highest BCUT2D eigenvalue weighted by Gasteiger charge is 2.18. The predicted octanol–water partition coefficient (Wildman–Crippen LogP) is 1.64. The zero-order chi connectivity index (χ0) is 17.0. The summed E-state index contributed by atoms with van der Waals surface area (Å²) in [6, 6.07) is 5.16. The number of nitrogens with zero attached hydrogens (tertiary/aromatic N) is 5. The summed E-state index contributed by atoms with van der Waals surface area (Å²) in [7, 11) is 3.45. The van der Waals surface area contributed by atoms with E-state index in [4.69, 9.17) is 0 Å². The zero-order valence-corrected chi connectivity index (χ0v) is 14.0. The molecule has 1 N–H and O–H groups in total. The zero-order valence-electron chi connectivity index (χ0n) is 14.0. The Labute approximate surface area is 136 Å². The number of aromatic nitrogens is 3. The third-order valence-electron chi connectivity index (χ3n) is 3.87. The standard InChI is InChI=1S/C16H23N5O2/c1-5-21(6-2)12-7-8-13(14(22)9-12)16(23)19(3)10-15-17-11-18-20(15)4/h7-9,11,22H,5-6,10H2,1-4H3. The molecule has 0 fully saturated rings. The number of hydrogen-bond acceptors (Lipinski definition) is 5. The minimum atomic E-state index is -0.253. The van der Waals surface area contributed by atoms with Crippen molar-refractivity contribution in [1.82, 2.24) is 19.7 Å². The summed E-state index contributed by atoms with van der Waals surface area (Å²) in [5.41, 5.74) is 1.19. The van der Waals surface area contributed by atoms with E-state index in [0.717, 1.165) is 18.8 Å². The third-order valence-corrected chi connectivity index (χ3v) is 3.87. The molecule has 0 saturated heterocycles. The minimum Gasteiger partial charge on any atom is -0.507 e. The van der Waals surface area contributed by atoms with Crippen molar-refractivity contribution in [3.05, 3.63) is 35.9 Å². The second kappa shape index (κ2) is 7.13. The lowest BCUT2D eigenvalue weighted by Gasteiger charge is -2.22. The summed E-state index contributed by atoms with van der Waals surface area (Å²) in [5, 5.41) is 14.2. The van der Waals surface area contributed by atoms with Gasteiger partial charge in [-0.15, -0.1) is 0 Å². The van der Waals surface area contributed by atoms with Crippen molar-refractivity contribution >= 4 is 11.6 Å². The molecule has 0 aliphatic heterocycles. The van der Waals surface area contributed by atoms with Crippen molar-refractivity contribution in [1.29, 1.82) is 0 Å². The minimum absolute atomic E-state index is 0.00999. The Balaban J connectivity index is 2.17. The van der Waals surface area contributed by atoms with Crippen molar-refractivity contribution in [3.8, 4) is 5.75 Å². The van der Waals surface area contributed by atoms with Crippen LogP contribution in [0.25, 0.3) is 0 Å². The molecule has 23 heavy (non-hydrogen) atoms. The van der Waals surface area contributed by atoms with Crippen LogP contribution < -0.4 is 4.90 Å². The first-order valence-electron chi connectivity index (χ1n) is 7.64. The van der Waals surface area contributed by atoms with Gasteiger partial charge in [0.1, 0.15) is 17.9 Å². The van der Waals surface area contributed by atoms with Crippen LogP contribution in [0.3, 0.4) is 0 Å². The molecule has 0 spiro atoms. The fourth-order valence-electron chi connectivity index (χ4n) is 2.44. The van der Waals surface area contributed by atoms with E-state index < -0.39 is 0 Å². The second-order valence-electron chi connectivity index (χ2n) is 5.33. The Morgan fingerprint density at radius 1 is 1.30 bits per heavy atom. The predicted molar refractivity (Wildman–Crippen MR) is 88.5 cm³/mol. The molecule has 1 aromatic heterocycles. The molecule has 1 heterocycles. The summed E-state index contributed by atoms with van der Waals surface area (Å²) >= 11 is 0. The summed E-state index contributed by atoms with van der Waals surface area (Å²) in [6.07, 6.45) is 1.45. The molecule has 0 unspecified atom stereocenters. The average Bonchev–Trinajstić information content (AvgIpc) is 2.93. The van der Waals surface area contributed by atoms with Crippen molar-refractivity contribution in [2.75, 3.05) is 25.0 Å². The molecule has 2 rings (SSSR count). The molecule has 1 aromatic carbocycles. The normalized spacial score (nSPS) is 10.6. The fourth-order valence-corrected chi connectivity index (χ4v) is 2.44. The van der Waals surface area contributed by atoms with Crippen LogP contribution in [0.15, 0.2) is 24.5 Å². The van der Waals surface area contributed by atoms with Crippen LogP contribution in [0.4, 0.5) is 5.69 Å². The number of amides is 1. The van der Waals surface area contributed by atoms with Gasteiger partial charge in [-0.3, -0.25) is 9.48 Å².